The molecule has 1 amide bonds. The van der Waals surface area contributed by atoms with Gasteiger partial charge in [-0.05, 0) is 19.1 Å². The molecule has 0 saturated carbocycles. The summed E-state index contributed by atoms with van der Waals surface area (Å²) in [6, 6.07) is 12.4. The third-order valence-corrected chi connectivity index (χ3v) is 4.18. The number of amides is 1. The van der Waals surface area contributed by atoms with Gasteiger partial charge in [-0.1, -0.05) is 18.2 Å². The Bertz CT molecular complexity index is 764. The highest BCUT2D eigenvalue weighted by Gasteiger charge is 2.23. The first-order valence-corrected chi connectivity index (χ1v) is 8.43. The predicted octanol–water partition coefficient (Wildman–Crippen LogP) is 1.79. The highest BCUT2D eigenvalue weighted by atomic mass is 16.5. The molecule has 2 heterocycles. The van der Waals surface area contributed by atoms with Gasteiger partial charge in [0.2, 0.25) is 0 Å². The molecule has 6 nitrogen and oxygen atoms in total. The van der Waals surface area contributed by atoms with E-state index in [4.69, 9.17) is 9.15 Å². The van der Waals surface area contributed by atoms with Gasteiger partial charge in [-0.25, -0.2) is 0 Å². The fraction of sp³-hybridized carbons (Fsp3) is 0.368. The molecular formula is C19H22N2O4. The maximum absolute atomic E-state index is 12.5. The van der Waals surface area contributed by atoms with Crippen LogP contribution in [0.2, 0.25) is 0 Å². The highest BCUT2D eigenvalue weighted by molar-refractivity contribution is 5.91. The van der Waals surface area contributed by atoms with E-state index in [1.807, 2.05) is 30.3 Å². The maximum atomic E-state index is 12.5. The maximum Gasteiger partial charge on any atom is 0.289 e. The number of aryl methyl sites for hydroxylation is 1. The minimum absolute atomic E-state index is 0.117. The topological polar surface area (TPSA) is 63.0 Å². The Hall–Kier alpha value is -2.60. The number of piperazine rings is 1. The van der Waals surface area contributed by atoms with Crippen molar-refractivity contribution in [1.29, 1.82) is 0 Å². The number of hydrogen-bond acceptors (Lipinski definition) is 5. The standard InChI is InChI=1S/C19H22N2O4/c1-15-13-16(22)14-18(25-15)19(23)21-9-7-20(8-10-21)11-12-24-17-5-3-2-4-6-17/h2-6,13-14H,7-12H2,1H3. The van der Waals surface area contributed by atoms with Crippen molar-refractivity contribution < 1.29 is 13.9 Å². The molecule has 3 rings (SSSR count). The van der Waals surface area contributed by atoms with Crippen LogP contribution >= 0.6 is 0 Å². The second-order valence-electron chi connectivity index (χ2n) is 6.06. The van der Waals surface area contributed by atoms with Crippen LogP contribution in [0.25, 0.3) is 0 Å². The summed E-state index contributed by atoms with van der Waals surface area (Å²) < 4.78 is 11.1. The molecule has 25 heavy (non-hydrogen) atoms. The van der Waals surface area contributed by atoms with E-state index >= 15 is 0 Å². The zero-order valence-electron chi connectivity index (χ0n) is 14.3. The van der Waals surface area contributed by atoms with Gasteiger partial charge in [-0.15, -0.1) is 0 Å². The minimum atomic E-state index is -0.221. The third kappa shape index (κ3) is 4.70. The molecule has 0 bridgehead atoms. The number of rotatable bonds is 5. The molecule has 0 atom stereocenters. The van der Waals surface area contributed by atoms with Crippen LogP contribution in [0.15, 0.2) is 51.7 Å². The summed E-state index contributed by atoms with van der Waals surface area (Å²) >= 11 is 0. The normalized spacial score (nSPS) is 15.2. The van der Waals surface area contributed by atoms with E-state index in [9.17, 15) is 9.59 Å². The molecule has 1 saturated heterocycles. The summed E-state index contributed by atoms with van der Waals surface area (Å²) in [4.78, 5) is 28.0. The van der Waals surface area contributed by atoms with Gasteiger partial charge in [0.25, 0.3) is 5.91 Å². The number of benzene rings is 1. The Morgan fingerprint density at radius 3 is 2.52 bits per heavy atom. The molecule has 2 aromatic rings. The molecule has 0 unspecified atom stereocenters. The largest absolute Gasteiger partial charge is 0.492 e. The first-order valence-electron chi connectivity index (χ1n) is 8.43. The summed E-state index contributed by atoms with van der Waals surface area (Å²) in [6.45, 7) is 5.88. The predicted molar refractivity (Wildman–Crippen MR) is 94.0 cm³/mol. The molecule has 1 aliphatic heterocycles. The van der Waals surface area contributed by atoms with Crippen LogP contribution < -0.4 is 10.2 Å². The van der Waals surface area contributed by atoms with Gasteiger partial charge in [0, 0.05) is 44.9 Å². The Labute approximate surface area is 146 Å². The summed E-state index contributed by atoms with van der Waals surface area (Å²) in [5.74, 6) is 1.21. The van der Waals surface area contributed by atoms with Crippen molar-refractivity contribution in [2.24, 2.45) is 0 Å². The minimum Gasteiger partial charge on any atom is -0.492 e. The lowest BCUT2D eigenvalue weighted by Crippen LogP contribution is -2.49. The second-order valence-corrected chi connectivity index (χ2v) is 6.06. The third-order valence-electron chi connectivity index (χ3n) is 4.18. The lowest BCUT2D eigenvalue weighted by Gasteiger charge is -2.34. The molecule has 132 valence electrons. The average molecular weight is 342 g/mol. The first kappa shape index (κ1) is 17.2. The number of nitrogens with zero attached hydrogens (tertiary/aromatic N) is 2. The summed E-state index contributed by atoms with van der Waals surface area (Å²) in [6.07, 6.45) is 0. The van der Waals surface area contributed by atoms with Gasteiger partial charge < -0.3 is 14.1 Å². The zero-order chi connectivity index (χ0) is 17.6. The molecule has 0 spiro atoms. The Balaban J connectivity index is 1.46. The Kier molecular flexibility index (Phi) is 5.50. The van der Waals surface area contributed by atoms with Crippen LogP contribution in [0.4, 0.5) is 0 Å². The highest BCUT2D eigenvalue weighted by Crippen LogP contribution is 2.10. The summed E-state index contributed by atoms with van der Waals surface area (Å²) in [7, 11) is 0. The SMILES string of the molecule is Cc1cc(=O)cc(C(=O)N2CCN(CCOc3ccccc3)CC2)o1. The van der Waals surface area contributed by atoms with Gasteiger partial charge in [0.1, 0.15) is 18.1 Å². The van der Waals surface area contributed by atoms with Crippen LogP contribution in [0, 0.1) is 6.92 Å². The molecule has 1 aliphatic rings. The fourth-order valence-corrected chi connectivity index (χ4v) is 2.85. The van der Waals surface area contributed by atoms with Crippen LogP contribution in [0.3, 0.4) is 0 Å². The van der Waals surface area contributed by atoms with Crippen molar-refractivity contribution in [3.05, 3.63) is 64.2 Å². The van der Waals surface area contributed by atoms with E-state index < -0.39 is 0 Å². The Morgan fingerprint density at radius 1 is 1.12 bits per heavy atom. The van der Waals surface area contributed by atoms with E-state index in [2.05, 4.69) is 4.90 Å². The number of carbonyl (C=O) groups excluding carboxylic acids is 1. The molecular weight excluding hydrogens is 320 g/mol. The van der Waals surface area contributed by atoms with Gasteiger partial charge in [0.15, 0.2) is 11.2 Å². The van der Waals surface area contributed by atoms with Crippen LogP contribution in [-0.2, 0) is 0 Å². The van der Waals surface area contributed by atoms with Gasteiger partial charge in [0.05, 0.1) is 0 Å². The smallest absolute Gasteiger partial charge is 0.289 e. The van der Waals surface area contributed by atoms with E-state index in [-0.39, 0.29) is 17.1 Å². The Morgan fingerprint density at radius 2 is 1.84 bits per heavy atom. The average Bonchev–Trinajstić information content (AvgIpc) is 2.62. The van der Waals surface area contributed by atoms with Crippen LogP contribution in [0.5, 0.6) is 5.75 Å². The van der Waals surface area contributed by atoms with Gasteiger partial charge in [-0.3, -0.25) is 14.5 Å². The van der Waals surface area contributed by atoms with E-state index in [0.717, 1.165) is 25.4 Å². The fourth-order valence-electron chi connectivity index (χ4n) is 2.85. The number of para-hydroxylation sites is 1. The second kappa shape index (κ2) is 7.98. The number of carbonyl (C=O) groups is 1. The quantitative estimate of drug-likeness (QED) is 0.829. The van der Waals surface area contributed by atoms with Gasteiger partial charge in [-0.2, -0.15) is 0 Å². The molecule has 1 aromatic heterocycles. The molecule has 1 fully saturated rings. The van der Waals surface area contributed by atoms with Crippen molar-refractivity contribution >= 4 is 5.91 Å². The van der Waals surface area contributed by atoms with Crippen molar-refractivity contribution in [1.82, 2.24) is 9.80 Å². The van der Waals surface area contributed by atoms with Gasteiger partial charge >= 0.3 is 0 Å². The van der Waals surface area contributed by atoms with Crippen molar-refractivity contribution in [2.75, 3.05) is 39.3 Å². The summed E-state index contributed by atoms with van der Waals surface area (Å²) in [5.41, 5.74) is -0.205. The number of hydrogen-bond donors (Lipinski definition) is 0. The first-order chi connectivity index (χ1) is 12.1. The monoisotopic (exact) mass is 342 g/mol. The van der Waals surface area contributed by atoms with Crippen molar-refractivity contribution in [3.8, 4) is 5.75 Å². The van der Waals surface area contributed by atoms with Crippen molar-refractivity contribution in [2.45, 2.75) is 6.92 Å². The number of ether oxygens (including phenoxy) is 1. The van der Waals surface area contributed by atoms with Crippen LogP contribution in [0.1, 0.15) is 16.3 Å². The van der Waals surface area contributed by atoms with E-state index in [1.165, 1.54) is 12.1 Å². The molecule has 1 aromatic carbocycles. The molecule has 0 N–H and O–H groups in total. The lowest BCUT2D eigenvalue weighted by atomic mass is 10.2. The molecule has 0 aliphatic carbocycles. The molecule has 0 radical (unpaired) electrons. The van der Waals surface area contributed by atoms with E-state index in [1.54, 1.807) is 11.8 Å². The molecule has 6 heteroatoms. The van der Waals surface area contributed by atoms with Crippen LogP contribution in [-0.4, -0.2) is 55.0 Å². The lowest BCUT2D eigenvalue weighted by molar-refractivity contribution is 0.0586. The van der Waals surface area contributed by atoms with E-state index in [0.29, 0.717) is 25.5 Å². The summed E-state index contributed by atoms with van der Waals surface area (Å²) in [5, 5.41) is 0. The zero-order valence-corrected chi connectivity index (χ0v) is 14.3. The van der Waals surface area contributed by atoms with Crippen molar-refractivity contribution in [3.63, 3.8) is 0 Å².